The molecule has 2 aromatic carbocycles. The molecule has 0 bridgehead atoms. The van der Waals surface area contributed by atoms with Gasteiger partial charge >= 0.3 is 6.03 Å². The molecule has 0 atom stereocenters. The minimum atomic E-state index is -0.611. The van der Waals surface area contributed by atoms with Gasteiger partial charge in [0, 0.05) is 12.2 Å². The Balaban J connectivity index is 1.64. The van der Waals surface area contributed by atoms with Gasteiger partial charge in [-0.1, -0.05) is 24.3 Å². The molecule has 0 fully saturated rings. The minimum Gasteiger partial charge on any atom is -0.469 e. The molecule has 3 amide bonds. The van der Waals surface area contributed by atoms with Crippen molar-refractivity contribution in [2.24, 2.45) is 0 Å². The largest absolute Gasteiger partial charge is 0.469 e. The minimum absolute atomic E-state index is 0.0395. The lowest BCUT2D eigenvalue weighted by molar-refractivity contribution is 0.102. The molecule has 6 nitrogen and oxygen atoms in total. The lowest BCUT2D eigenvalue weighted by Crippen LogP contribution is -2.28. The summed E-state index contributed by atoms with van der Waals surface area (Å²) >= 11 is 0. The van der Waals surface area contributed by atoms with Crippen LogP contribution in [0.1, 0.15) is 27.2 Å². The van der Waals surface area contributed by atoms with E-state index < -0.39 is 17.8 Å². The lowest BCUT2D eigenvalue weighted by atomic mass is 10.1. The molecule has 7 heteroatoms. The molecule has 0 aliphatic rings. The highest BCUT2D eigenvalue weighted by atomic mass is 19.1. The second-order valence-corrected chi connectivity index (χ2v) is 6.27. The molecule has 0 aliphatic heterocycles. The lowest BCUT2D eigenvalue weighted by Gasteiger charge is -2.11. The van der Waals surface area contributed by atoms with Crippen molar-refractivity contribution >= 4 is 23.3 Å². The number of halogens is 1. The normalized spacial score (nSPS) is 10.4. The summed E-state index contributed by atoms with van der Waals surface area (Å²) in [6.45, 7) is 3.97. The highest BCUT2D eigenvalue weighted by Gasteiger charge is 2.14. The quantitative estimate of drug-likeness (QED) is 0.603. The van der Waals surface area contributed by atoms with Crippen molar-refractivity contribution in [1.29, 1.82) is 0 Å². The fourth-order valence-corrected chi connectivity index (χ4v) is 2.67. The molecule has 1 heterocycles. The van der Waals surface area contributed by atoms with E-state index in [9.17, 15) is 14.0 Å². The maximum absolute atomic E-state index is 14.1. The van der Waals surface area contributed by atoms with E-state index in [4.69, 9.17) is 4.42 Å². The van der Waals surface area contributed by atoms with Crippen LogP contribution in [0.25, 0.3) is 0 Å². The molecule has 1 aromatic heterocycles. The first-order chi connectivity index (χ1) is 13.4. The number of amides is 3. The van der Waals surface area contributed by atoms with Gasteiger partial charge in [0.2, 0.25) is 0 Å². The van der Waals surface area contributed by atoms with Gasteiger partial charge < -0.3 is 20.4 Å². The Morgan fingerprint density at radius 2 is 1.82 bits per heavy atom. The number of urea groups is 1. The topological polar surface area (TPSA) is 83.4 Å². The van der Waals surface area contributed by atoms with E-state index in [1.165, 1.54) is 30.5 Å². The zero-order valence-electron chi connectivity index (χ0n) is 15.5. The molecule has 0 unspecified atom stereocenters. The van der Waals surface area contributed by atoms with Gasteiger partial charge in [0.1, 0.15) is 11.6 Å². The second kappa shape index (κ2) is 8.39. The Kier molecular flexibility index (Phi) is 5.74. The highest BCUT2D eigenvalue weighted by molar-refractivity contribution is 6.05. The zero-order chi connectivity index (χ0) is 20.1. The van der Waals surface area contributed by atoms with Gasteiger partial charge in [-0.15, -0.1) is 0 Å². The summed E-state index contributed by atoms with van der Waals surface area (Å²) in [6, 6.07) is 12.7. The van der Waals surface area contributed by atoms with Crippen LogP contribution in [0.4, 0.5) is 20.6 Å². The molecular formula is C21H20FN3O3. The molecule has 0 saturated carbocycles. The van der Waals surface area contributed by atoms with Crippen LogP contribution in [0.15, 0.2) is 59.2 Å². The van der Waals surface area contributed by atoms with E-state index in [1.807, 2.05) is 31.2 Å². The molecule has 0 aliphatic carbocycles. The maximum Gasteiger partial charge on any atom is 0.319 e. The maximum atomic E-state index is 14.1. The van der Waals surface area contributed by atoms with Gasteiger partial charge in [0.05, 0.1) is 17.5 Å². The first-order valence-electron chi connectivity index (χ1n) is 8.68. The first-order valence-corrected chi connectivity index (χ1v) is 8.68. The summed E-state index contributed by atoms with van der Waals surface area (Å²) in [5.74, 6) is -0.672. The van der Waals surface area contributed by atoms with Crippen molar-refractivity contribution in [2.75, 3.05) is 10.6 Å². The summed E-state index contributed by atoms with van der Waals surface area (Å²) in [7, 11) is 0. The van der Waals surface area contributed by atoms with Crippen molar-refractivity contribution in [1.82, 2.24) is 5.32 Å². The van der Waals surface area contributed by atoms with E-state index >= 15 is 0 Å². The number of anilines is 2. The van der Waals surface area contributed by atoms with Gasteiger partial charge in [0.15, 0.2) is 0 Å². The fourth-order valence-electron chi connectivity index (χ4n) is 2.67. The molecule has 0 saturated heterocycles. The molecule has 144 valence electrons. The number of nitrogens with one attached hydrogen (secondary N) is 3. The van der Waals surface area contributed by atoms with Crippen LogP contribution in [0.2, 0.25) is 0 Å². The Hall–Kier alpha value is -3.61. The van der Waals surface area contributed by atoms with Gasteiger partial charge in [-0.25, -0.2) is 9.18 Å². The van der Waals surface area contributed by atoms with E-state index in [-0.39, 0.29) is 5.69 Å². The van der Waals surface area contributed by atoms with Crippen molar-refractivity contribution < 1.29 is 18.4 Å². The Bertz CT molecular complexity index is 1010. The second-order valence-electron chi connectivity index (χ2n) is 6.27. The summed E-state index contributed by atoms with van der Waals surface area (Å²) in [6.07, 6.45) is 1.39. The van der Waals surface area contributed by atoms with Gasteiger partial charge in [-0.2, -0.15) is 0 Å². The van der Waals surface area contributed by atoms with Crippen molar-refractivity contribution in [3.8, 4) is 0 Å². The fraction of sp³-hybridized carbons (Fsp3) is 0.143. The van der Waals surface area contributed by atoms with Gasteiger partial charge in [-0.3, -0.25) is 4.79 Å². The van der Waals surface area contributed by atoms with Crippen LogP contribution in [0.3, 0.4) is 0 Å². The average molecular weight is 381 g/mol. The molecule has 0 spiro atoms. The number of hydrogen-bond donors (Lipinski definition) is 3. The standard InChI is InChI=1S/C21H20FN3O3/c1-13-5-3-4-6-15(13)12-23-21(27)24-16-7-8-18(22)19(11-16)25-20(26)17-9-10-28-14(17)2/h3-11H,12H2,1-2H3,(H,25,26)(H2,23,24,27). The number of aryl methyl sites for hydroxylation is 2. The van der Waals surface area contributed by atoms with Crippen molar-refractivity contribution in [3.05, 3.63) is 83.1 Å². The van der Waals surface area contributed by atoms with E-state index in [2.05, 4.69) is 16.0 Å². The van der Waals surface area contributed by atoms with Crippen LogP contribution in [-0.2, 0) is 6.54 Å². The van der Waals surface area contributed by atoms with E-state index in [0.29, 0.717) is 23.6 Å². The molecule has 3 aromatic rings. The van der Waals surface area contributed by atoms with Crippen LogP contribution in [0, 0.1) is 19.7 Å². The molecule has 0 radical (unpaired) electrons. The molecule has 3 rings (SSSR count). The number of benzene rings is 2. The summed E-state index contributed by atoms with van der Waals surface area (Å²) in [5.41, 5.74) is 2.70. The van der Waals surface area contributed by atoms with E-state index in [0.717, 1.165) is 11.1 Å². The van der Waals surface area contributed by atoms with Crippen LogP contribution < -0.4 is 16.0 Å². The predicted molar refractivity (Wildman–Crippen MR) is 105 cm³/mol. The number of carbonyl (C=O) groups excluding carboxylic acids is 2. The van der Waals surface area contributed by atoms with Gasteiger partial charge in [-0.05, 0) is 49.2 Å². The number of rotatable bonds is 5. The monoisotopic (exact) mass is 381 g/mol. The Morgan fingerprint density at radius 3 is 2.54 bits per heavy atom. The number of furan rings is 1. The first kappa shape index (κ1) is 19.2. The number of hydrogen-bond acceptors (Lipinski definition) is 3. The third-order valence-corrected chi connectivity index (χ3v) is 4.28. The number of carbonyl (C=O) groups is 2. The van der Waals surface area contributed by atoms with Crippen LogP contribution in [0.5, 0.6) is 0 Å². The van der Waals surface area contributed by atoms with Crippen molar-refractivity contribution in [3.63, 3.8) is 0 Å². The smallest absolute Gasteiger partial charge is 0.319 e. The Labute approximate surface area is 161 Å². The summed E-state index contributed by atoms with van der Waals surface area (Å²) in [5, 5.41) is 7.87. The van der Waals surface area contributed by atoms with Crippen LogP contribution in [-0.4, -0.2) is 11.9 Å². The Morgan fingerprint density at radius 1 is 1.04 bits per heavy atom. The van der Waals surface area contributed by atoms with Crippen molar-refractivity contribution in [2.45, 2.75) is 20.4 Å². The SMILES string of the molecule is Cc1ccccc1CNC(=O)Nc1ccc(F)c(NC(=O)c2ccoc2C)c1. The molecular weight excluding hydrogens is 361 g/mol. The van der Waals surface area contributed by atoms with E-state index in [1.54, 1.807) is 6.92 Å². The third-order valence-electron chi connectivity index (χ3n) is 4.28. The van der Waals surface area contributed by atoms with Gasteiger partial charge in [0.25, 0.3) is 5.91 Å². The summed E-state index contributed by atoms with van der Waals surface area (Å²) in [4.78, 5) is 24.4. The van der Waals surface area contributed by atoms with Crippen LogP contribution >= 0.6 is 0 Å². The highest BCUT2D eigenvalue weighted by Crippen LogP contribution is 2.21. The average Bonchev–Trinajstić information content (AvgIpc) is 3.10. The summed E-state index contributed by atoms with van der Waals surface area (Å²) < 4.78 is 19.1. The predicted octanol–water partition coefficient (Wildman–Crippen LogP) is 4.61. The molecule has 28 heavy (non-hydrogen) atoms. The molecule has 3 N–H and O–H groups in total. The zero-order valence-corrected chi connectivity index (χ0v) is 15.5. The third kappa shape index (κ3) is 4.56.